The lowest BCUT2D eigenvalue weighted by molar-refractivity contribution is 0.0486. The Labute approximate surface area is 116 Å². The quantitative estimate of drug-likeness (QED) is 0.755. The largest absolute Gasteiger partial charge is 0.444 e. The molecule has 1 saturated carbocycles. The second-order valence-corrected chi connectivity index (χ2v) is 6.58. The van der Waals surface area contributed by atoms with Crippen molar-refractivity contribution in [2.45, 2.75) is 77.4 Å². The Morgan fingerprint density at radius 1 is 1.21 bits per heavy atom. The summed E-state index contributed by atoms with van der Waals surface area (Å²) in [5, 5.41) is 11.7. The summed E-state index contributed by atoms with van der Waals surface area (Å²) in [5.74, 6) is 0.767. The van der Waals surface area contributed by atoms with Crippen molar-refractivity contribution >= 4 is 6.09 Å². The number of rotatable bonds is 5. The summed E-state index contributed by atoms with van der Waals surface area (Å²) in [6.07, 6.45) is 7.38. The molecule has 1 amide bonds. The summed E-state index contributed by atoms with van der Waals surface area (Å²) in [4.78, 5) is 11.7. The highest BCUT2D eigenvalue weighted by atomic mass is 16.6. The van der Waals surface area contributed by atoms with Crippen molar-refractivity contribution in [1.29, 1.82) is 0 Å². The van der Waals surface area contributed by atoms with Crippen LogP contribution in [0.15, 0.2) is 0 Å². The first kappa shape index (κ1) is 16.3. The first-order valence-electron chi connectivity index (χ1n) is 7.51. The highest BCUT2D eigenvalue weighted by Crippen LogP contribution is 2.28. The van der Waals surface area contributed by atoms with E-state index in [0.29, 0.717) is 6.61 Å². The van der Waals surface area contributed by atoms with Crippen LogP contribution in [0.2, 0.25) is 0 Å². The van der Waals surface area contributed by atoms with Gasteiger partial charge in [-0.2, -0.15) is 0 Å². The van der Waals surface area contributed by atoms with Crippen LogP contribution in [0.4, 0.5) is 4.79 Å². The lowest BCUT2D eigenvalue weighted by Crippen LogP contribution is -2.40. The van der Waals surface area contributed by atoms with Crippen LogP contribution in [-0.2, 0) is 4.74 Å². The summed E-state index contributed by atoms with van der Waals surface area (Å²) in [5.41, 5.74) is -0.425. The highest BCUT2D eigenvalue weighted by Gasteiger charge is 2.24. The molecule has 1 aliphatic rings. The van der Waals surface area contributed by atoms with Crippen LogP contribution in [0, 0.1) is 5.92 Å². The Balaban J connectivity index is 2.17. The minimum absolute atomic E-state index is 0.268. The molecular formula is C15H29NO3. The molecule has 0 atom stereocenters. The van der Waals surface area contributed by atoms with E-state index in [4.69, 9.17) is 9.84 Å². The Morgan fingerprint density at radius 2 is 1.84 bits per heavy atom. The van der Waals surface area contributed by atoms with Crippen molar-refractivity contribution in [3.05, 3.63) is 0 Å². The molecule has 0 aromatic rings. The van der Waals surface area contributed by atoms with Crippen LogP contribution in [0.25, 0.3) is 0 Å². The number of carbonyl (C=O) groups is 1. The number of hydrogen-bond donors (Lipinski definition) is 2. The summed E-state index contributed by atoms with van der Waals surface area (Å²) in [6, 6.07) is 0.268. The smallest absolute Gasteiger partial charge is 0.407 e. The zero-order chi connectivity index (χ0) is 14.3. The summed E-state index contributed by atoms with van der Waals surface area (Å²) < 4.78 is 5.27. The van der Waals surface area contributed by atoms with Crippen molar-refractivity contribution in [2.75, 3.05) is 6.61 Å². The molecule has 2 N–H and O–H groups in total. The predicted octanol–water partition coefficient (Wildman–Crippen LogP) is 3.23. The molecule has 0 radical (unpaired) electrons. The van der Waals surface area contributed by atoms with E-state index in [2.05, 4.69) is 5.32 Å². The summed E-state index contributed by atoms with van der Waals surface area (Å²) in [6.45, 7) is 5.94. The summed E-state index contributed by atoms with van der Waals surface area (Å²) >= 11 is 0. The van der Waals surface area contributed by atoms with Gasteiger partial charge in [0.1, 0.15) is 5.60 Å². The van der Waals surface area contributed by atoms with E-state index >= 15 is 0 Å². The molecule has 0 aliphatic heterocycles. The van der Waals surface area contributed by atoms with E-state index in [9.17, 15) is 4.79 Å². The molecule has 0 aromatic carbocycles. The standard InChI is InChI=1S/C15H29NO3/c1-15(2,3)19-14(18)16-13-9-7-12(8-10-13)6-4-5-11-17/h12-13,17H,4-11H2,1-3H3,(H,16,18). The number of aliphatic hydroxyl groups excluding tert-OH is 1. The fraction of sp³-hybridized carbons (Fsp3) is 0.933. The Morgan fingerprint density at radius 3 is 2.37 bits per heavy atom. The zero-order valence-corrected chi connectivity index (χ0v) is 12.6. The molecule has 0 aromatic heterocycles. The van der Waals surface area contributed by atoms with Crippen molar-refractivity contribution in [2.24, 2.45) is 5.92 Å². The van der Waals surface area contributed by atoms with E-state index in [1.807, 2.05) is 20.8 Å². The molecular weight excluding hydrogens is 242 g/mol. The van der Waals surface area contributed by atoms with Gasteiger partial charge >= 0.3 is 6.09 Å². The normalized spacial score (nSPS) is 24.0. The lowest BCUT2D eigenvalue weighted by Gasteiger charge is -2.30. The Kier molecular flexibility index (Phi) is 6.63. The third kappa shape index (κ3) is 7.41. The molecule has 0 spiro atoms. The number of unbranched alkanes of at least 4 members (excludes halogenated alkanes) is 1. The van der Waals surface area contributed by atoms with Crippen molar-refractivity contribution in [3.63, 3.8) is 0 Å². The van der Waals surface area contributed by atoms with Crippen molar-refractivity contribution < 1.29 is 14.6 Å². The number of alkyl carbamates (subject to hydrolysis) is 1. The number of carbonyl (C=O) groups excluding carboxylic acids is 1. The molecule has 1 rings (SSSR count). The van der Waals surface area contributed by atoms with Crippen molar-refractivity contribution in [1.82, 2.24) is 5.32 Å². The topological polar surface area (TPSA) is 58.6 Å². The maximum absolute atomic E-state index is 11.7. The van der Waals surface area contributed by atoms with Gasteiger partial charge in [0.15, 0.2) is 0 Å². The summed E-state index contributed by atoms with van der Waals surface area (Å²) in [7, 11) is 0. The zero-order valence-electron chi connectivity index (χ0n) is 12.6. The average molecular weight is 271 g/mol. The average Bonchev–Trinajstić information content (AvgIpc) is 2.29. The van der Waals surface area contributed by atoms with Crippen LogP contribution < -0.4 is 5.32 Å². The second-order valence-electron chi connectivity index (χ2n) is 6.58. The predicted molar refractivity (Wildman–Crippen MR) is 76.1 cm³/mol. The third-order valence-electron chi connectivity index (χ3n) is 3.59. The van der Waals surface area contributed by atoms with Crippen molar-refractivity contribution in [3.8, 4) is 0 Å². The van der Waals surface area contributed by atoms with E-state index < -0.39 is 5.60 Å². The second kappa shape index (κ2) is 7.73. The van der Waals surface area contributed by atoms with E-state index in [0.717, 1.165) is 31.6 Å². The maximum Gasteiger partial charge on any atom is 0.407 e. The monoisotopic (exact) mass is 271 g/mol. The fourth-order valence-electron chi connectivity index (χ4n) is 2.61. The first-order valence-corrected chi connectivity index (χ1v) is 7.51. The van der Waals surface area contributed by atoms with Gasteiger partial charge in [-0.15, -0.1) is 0 Å². The molecule has 1 fully saturated rings. The highest BCUT2D eigenvalue weighted by molar-refractivity contribution is 5.68. The van der Waals surface area contributed by atoms with Crippen LogP contribution in [0.1, 0.15) is 65.7 Å². The van der Waals surface area contributed by atoms with Gasteiger partial charge in [-0.25, -0.2) is 4.79 Å². The van der Waals surface area contributed by atoms with Gasteiger partial charge < -0.3 is 15.2 Å². The molecule has 112 valence electrons. The van der Waals surface area contributed by atoms with Gasteiger partial charge in [0, 0.05) is 12.6 Å². The van der Waals surface area contributed by atoms with Gasteiger partial charge in [-0.1, -0.05) is 12.8 Å². The number of hydrogen-bond acceptors (Lipinski definition) is 3. The third-order valence-corrected chi connectivity index (χ3v) is 3.59. The SMILES string of the molecule is CC(C)(C)OC(=O)NC1CCC(CCCCO)CC1. The maximum atomic E-state index is 11.7. The van der Waals surface area contributed by atoms with Crippen LogP contribution in [0.5, 0.6) is 0 Å². The van der Waals surface area contributed by atoms with Gasteiger partial charge in [0.2, 0.25) is 0 Å². The number of amides is 1. The molecule has 0 heterocycles. The van der Waals surface area contributed by atoms with Gasteiger partial charge in [0.05, 0.1) is 0 Å². The number of nitrogens with one attached hydrogen (secondary N) is 1. The van der Waals surface area contributed by atoms with Gasteiger partial charge in [-0.05, 0) is 58.8 Å². The van der Waals surface area contributed by atoms with Crippen LogP contribution >= 0.6 is 0 Å². The van der Waals surface area contributed by atoms with E-state index in [1.165, 1.54) is 19.3 Å². The molecule has 1 aliphatic carbocycles. The van der Waals surface area contributed by atoms with E-state index in [-0.39, 0.29) is 12.1 Å². The Bertz CT molecular complexity index is 265. The minimum atomic E-state index is -0.425. The van der Waals surface area contributed by atoms with Crippen LogP contribution in [-0.4, -0.2) is 29.4 Å². The molecule has 0 bridgehead atoms. The molecule has 19 heavy (non-hydrogen) atoms. The van der Waals surface area contributed by atoms with Crippen LogP contribution in [0.3, 0.4) is 0 Å². The van der Waals surface area contributed by atoms with E-state index in [1.54, 1.807) is 0 Å². The number of aliphatic hydroxyl groups is 1. The first-order chi connectivity index (χ1) is 8.90. The fourth-order valence-corrected chi connectivity index (χ4v) is 2.61. The lowest BCUT2D eigenvalue weighted by atomic mass is 9.83. The Hall–Kier alpha value is -0.770. The molecule has 4 nitrogen and oxygen atoms in total. The van der Waals surface area contributed by atoms with Gasteiger partial charge in [-0.3, -0.25) is 0 Å². The molecule has 0 saturated heterocycles. The minimum Gasteiger partial charge on any atom is -0.444 e. The molecule has 0 unspecified atom stereocenters. The number of ether oxygens (including phenoxy) is 1. The molecule has 4 heteroatoms. The van der Waals surface area contributed by atoms with Gasteiger partial charge in [0.25, 0.3) is 0 Å².